The Bertz CT molecular complexity index is 554. The summed E-state index contributed by atoms with van der Waals surface area (Å²) in [5.41, 5.74) is 1.20. The molecule has 1 saturated heterocycles. The molecule has 0 unspecified atom stereocenters. The molecule has 1 heterocycles. The van der Waals surface area contributed by atoms with Gasteiger partial charge in [-0.15, -0.1) is 0 Å². The number of carbonyl (C=O) groups excluding carboxylic acids is 2. The van der Waals surface area contributed by atoms with E-state index in [1.165, 1.54) is 12.6 Å². The van der Waals surface area contributed by atoms with E-state index >= 15 is 0 Å². The van der Waals surface area contributed by atoms with Gasteiger partial charge in [0.1, 0.15) is 0 Å². The fourth-order valence-electron chi connectivity index (χ4n) is 3.04. The highest BCUT2D eigenvalue weighted by Crippen LogP contribution is 2.15. The van der Waals surface area contributed by atoms with Gasteiger partial charge in [0.05, 0.1) is 6.54 Å². The maximum atomic E-state index is 12.6. The van der Waals surface area contributed by atoms with Crippen LogP contribution in [0.2, 0.25) is 0 Å². The Morgan fingerprint density at radius 3 is 2.20 bits per heavy atom. The Hall–Kier alpha value is -2.08. The van der Waals surface area contributed by atoms with Crippen LogP contribution in [-0.4, -0.2) is 86.4 Å². The molecule has 1 aromatic rings. The molecule has 1 aliphatic heterocycles. The minimum Gasteiger partial charge on any atom is -0.368 e. The van der Waals surface area contributed by atoms with Crippen LogP contribution in [0.25, 0.3) is 0 Å². The molecule has 2 amide bonds. The Balaban J connectivity index is 1.81. The van der Waals surface area contributed by atoms with Gasteiger partial charge < -0.3 is 19.6 Å². The average molecular weight is 346 g/mol. The molecular weight excluding hydrogens is 316 g/mol. The van der Waals surface area contributed by atoms with Crippen molar-refractivity contribution < 1.29 is 9.59 Å². The molecule has 0 radical (unpaired) electrons. The molecule has 6 nitrogen and oxygen atoms in total. The summed E-state index contributed by atoms with van der Waals surface area (Å²) in [6.45, 7) is 6.34. The van der Waals surface area contributed by atoms with Crippen LogP contribution >= 0.6 is 0 Å². The van der Waals surface area contributed by atoms with E-state index in [4.69, 9.17) is 0 Å². The smallest absolute Gasteiger partial charge is 0.242 e. The summed E-state index contributed by atoms with van der Waals surface area (Å²) < 4.78 is 0. The van der Waals surface area contributed by atoms with Gasteiger partial charge in [-0.1, -0.05) is 18.2 Å². The van der Waals surface area contributed by atoms with E-state index in [0.29, 0.717) is 19.6 Å². The summed E-state index contributed by atoms with van der Waals surface area (Å²) in [7, 11) is 4.02. The van der Waals surface area contributed by atoms with Gasteiger partial charge in [0.15, 0.2) is 0 Å². The van der Waals surface area contributed by atoms with Gasteiger partial charge in [-0.2, -0.15) is 0 Å². The van der Waals surface area contributed by atoms with Crippen LogP contribution in [0, 0.1) is 0 Å². The van der Waals surface area contributed by atoms with Crippen molar-refractivity contribution in [2.45, 2.75) is 13.3 Å². The molecule has 0 bridgehead atoms. The number of anilines is 1. The lowest BCUT2D eigenvalue weighted by atomic mass is 10.2. The van der Waals surface area contributed by atoms with Gasteiger partial charge in [-0.3, -0.25) is 9.59 Å². The van der Waals surface area contributed by atoms with E-state index in [0.717, 1.165) is 26.1 Å². The zero-order chi connectivity index (χ0) is 18.2. The van der Waals surface area contributed by atoms with E-state index in [1.54, 1.807) is 4.90 Å². The summed E-state index contributed by atoms with van der Waals surface area (Å²) in [4.78, 5) is 32.3. The van der Waals surface area contributed by atoms with Crippen molar-refractivity contribution in [1.29, 1.82) is 0 Å². The number of benzene rings is 1. The summed E-state index contributed by atoms with van der Waals surface area (Å²) in [5, 5.41) is 0. The van der Waals surface area contributed by atoms with Gasteiger partial charge >= 0.3 is 0 Å². The molecule has 0 atom stereocenters. The van der Waals surface area contributed by atoms with E-state index in [2.05, 4.69) is 21.9 Å². The van der Waals surface area contributed by atoms with Crippen LogP contribution in [0.1, 0.15) is 13.3 Å². The average Bonchev–Trinajstić information content (AvgIpc) is 2.61. The second-order valence-electron chi connectivity index (χ2n) is 6.80. The van der Waals surface area contributed by atoms with Crippen molar-refractivity contribution in [3.8, 4) is 0 Å². The fraction of sp³-hybridized carbons (Fsp3) is 0.579. The van der Waals surface area contributed by atoms with Gasteiger partial charge in [0.2, 0.25) is 11.8 Å². The topological polar surface area (TPSA) is 47.1 Å². The molecule has 0 aromatic heterocycles. The molecule has 0 N–H and O–H groups in total. The Kier molecular flexibility index (Phi) is 7.25. The van der Waals surface area contributed by atoms with Crippen LogP contribution in [0.3, 0.4) is 0 Å². The first-order valence-corrected chi connectivity index (χ1v) is 8.95. The van der Waals surface area contributed by atoms with E-state index in [-0.39, 0.29) is 18.4 Å². The lowest BCUT2D eigenvalue weighted by Gasteiger charge is -2.37. The predicted octanol–water partition coefficient (Wildman–Crippen LogP) is 1.14. The third-order valence-electron chi connectivity index (χ3n) is 4.56. The monoisotopic (exact) mass is 346 g/mol. The lowest BCUT2D eigenvalue weighted by Crippen LogP contribution is -2.51. The summed E-state index contributed by atoms with van der Waals surface area (Å²) in [6, 6.07) is 10.3. The molecule has 0 saturated carbocycles. The second-order valence-corrected chi connectivity index (χ2v) is 6.80. The molecule has 25 heavy (non-hydrogen) atoms. The first kappa shape index (κ1) is 19.2. The first-order valence-electron chi connectivity index (χ1n) is 8.95. The molecule has 1 aliphatic rings. The molecule has 0 spiro atoms. The molecular formula is C19H30N4O2. The number of carbonyl (C=O) groups is 2. The van der Waals surface area contributed by atoms with E-state index in [1.807, 2.05) is 37.2 Å². The minimum atomic E-state index is -0.0324. The van der Waals surface area contributed by atoms with Gasteiger partial charge in [-0.25, -0.2) is 0 Å². The highest BCUT2D eigenvalue weighted by molar-refractivity contribution is 5.84. The zero-order valence-electron chi connectivity index (χ0n) is 15.6. The largest absolute Gasteiger partial charge is 0.368 e. The fourth-order valence-corrected chi connectivity index (χ4v) is 3.04. The van der Waals surface area contributed by atoms with Crippen LogP contribution in [-0.2, 0) is 9.59 Å². The highest BCUT2D eigenvalue weighted by Gasteiger charge is 2.23. The van der Waals surface area contributed by atoms with Crippen LogP contribution in [0.15, 0.2) is 30.3 Å². The SMILES string of the molecule is CC(=O)N(CCCN(C)C)CC(=O)N1CCN(c2ccccc2)CC1. The van der Waals surface area contributed by atoms with E-state index < -0.39 is 0 Å². The molecule has 138 valence electrons. The Labute approximate surface area is 151 Å². The quantitative estimate of drug-likeness (QED) is 0.743. The third kappa shape index (κ3) is 6.05. The van der Waals surface area contributed by atoms with Crippen LogP contribution in [0.5, 0.6) is 0 Å². The second kappa shape index (κ2) is 9.42. The summed E-state index contributed by atoms with van der Waals surface area (Å²) in [5.74, 6) is 0.0165. The first-order chi connectivity index (χ1) is 12.0. The zero-order valence-corrected chi connectivity index (χ0v) is 15.6. The van der Waals surface area contributed by atoms with Gasteiger partial charge in [0.25, 0.3) is 0 Å². The molecule has 6 heteroatoms. The number of piperazine rings is 1. The molecule has 2 rings (SSSR count). The number of hydrogen-bond acceptors (Lipinski definition) is 4. The van der Waals surface area contributed by atoms with Crippen molar-refractivity contribution >= 4 is 17.5 Å². The standard InChI is InChI=1S/C19H30N4O2/c1-17(24)23(11-7-10-20(2)3)16-19(25)22-14-12-21(13-15-22)18-8-5-4-6-9-18/h4-6,8-9H,7,10-16H2,1-3H3. The Morgan fingerprint density at radius 2 is 1.64 bits per heavy atom. The summed E-state index contributed by atoms with van der Waals surface area (Å²) in [6.07, 6.45) is 0.877. The van der Waals surface area contributed by atoms with Crippen molar-refractivity contribution in [2.75, 3.05) is 64.8 Å². The maximum Gasteiger partial charge on any atom is 0.242 e. The molecule has 0 aliphatic carbocycles. The minimum absolute atomic E-state index is 0.0324. The van der Waals surface area contributed by atoms with Crippen molar-refractivity contribution in [1.82, 2.24) is 14.7 Å². The highest BCUT2D eigenvalue weighted by atomic mass is 16.2. The van der Waals surface area contributed by atoms with E-state index in [9.17, 15) is 9.59 Å². The van der Waals surface area contributed by atoms with Crippen molar-refractivity contribution in [3.63, 3.8) is 0 Å². The third-order valence-corrected chi connectivity index (χ3v) is 4.56. The van der Waals surface area contributed by atoms with Gasteiger partial charge in [0, 0.05) is 45.3 Å². The molecule has 1 aromatic carbocycles. The number of nitrogens with zero attached hydrogens (tertiary/aromatic N) is 4. The Morgan fingerprint density at radius 1 is 1.00 bits per heavy atom. The summed E-state index contributed by atoms with van der Waals surface area (Å²) >= 11 is 0. The number of rotatable bonds is 7. The lowest BCUT2D eigenvalue weighted by molar-refractivity contribution is -0.139. The van der Waals surface area contributed by atoms with Gasteiger partial charge in [-0.05, 0) is 39.2 Å². The number of hydrogen-bond donors (Lipinski definition) is 0. The normalized spacial score (nSPS) is 14.7. The predicted molar refractivity (Wildman–Crippen MR) is 101 cm³/mol. The van der Waals surface area contributed by atoms with Crippen LogP contribution in [0.4, 0.5) is 5.69 Å². The van der Waals surface area contributed by atoms with Crippen LogP contribution < -0.4 is 4.90 Å². The van der Waals surface area contributed by atoms with Crippen molar-refractivity contribution in [3.05, 3.63) is 30.3 Å². The number of amides is 2. The maximum absolute atomic E-state index is 12.6. The number of para-hydroxylation sites is 1. The molecule has 1 fully saturated rings. The van der Waals surface area contributed by atoms with Crippen molar-refractivity contribution in [2.24, 2.45) is 0 Å².